The molecule has 54 heavy (non-hydrogen) atoms. The first-order chi connectivity index (χ1) is 25.4. The van der Waals surface area contributed by atoms with E-state index in [1.54, 1.807) is 36.8 Å². The van der Waals surface area contributed by atoms with E-state index in [2.05, 4.69) is 43.6 Å². The molecule has 0 spiro atoms. The third-order valence-electron chi connectivity index (χ3n) is 8.27. The molecule has 0 saturated carbocycles. The number of aromatic nitrogens is 4. The summed E-state index contributed by atoms with van der Waals surface area (Å²) in [5, 5.41) is 8.50. The lowest BCUT2D eigenvalue weighted by Crippen LogP contribution is -2.44. The molecule has 3 aromatic carbocycles. The summed E-state index contributed by atoms with van der Waals surface area (Å²) in [5.74, 6) is 1.42. The number of sulfonamides is 1. The van der Waals surface area contributed by atoms with Gasteiger partial charge in [-0.2, -0.15) is 21.9 Å². The van der Waals surface area contributed by atoms with E-state index in [0.717, 1.165) is 53.2 Å². The highest BCUT2D eigenvalue weighted by Crippen LogP contribution is 2.36. The fraction of sp³-hybridized carbons (Fsp3) is 0.265. The summed E-state index contributed by atoms with van der Waals surface area (Å²) in [5.41, 5.74) is 3.26. The quantitative estimate of drug-likeness (QED) is 0.146. The van der Waals surface area contributed by atoms with E-state index in [0.29, 0.717) is 23.4 Å². The Morgan fingerprint density at radius 1 is 0.889 bits per heavy atom. The minimum absolute atomic E-state index is 0.0233. The molecule has 7 rings (SSSR count). The van der Waals surface area contributed by atoms with Crippen LogP contribution >= 0.6 is 0 Å². The maximum absolute atomic E-state index is 11.8. The molecule has 2 atom stereocenters. The van der Waals surface area contributed by atoms with Crippen molar-refractivity contribution in [3.8, 4) is 28.5 Å². The van der Waals surface area contributed by atoms with Crippen molar-refractivity contribution in [1.29, 1.82) is 0 Å². The fourth-order valence-corrected chi connectivity index (χ4v) is 8.82. The number of ether oxygens (including phenoxy) is 2. The lowest BCUT2D eigenvalue weighted by molar-refractivity contribution is -0.0718. The molecule has 0 aliphatic carbocycles. The van der Waals surface area contributed by atoms with Gasteiger partial charge < -0.3 is 13.9 Å². The average Bonchev–Trinajstić information content (AvgIpc) is 3.75. The first-order valence-electron chi connectivity index (χ1n) is 16.2. The lowest BCUT2D eigenvalue weighted by Gasteiger charge is -2.34. The summed E-state index contributed by atoms with van der Waals surface area (Å²) < 4.78 is 106. The Kier molecular flexibility index (Phi) is 10.8. The second-order valence-electron chi connectivity index (χ2n) is 12.7. The van der Waals surface area contributed by atoms with Crippen LogP contribution in [-0.4, -0.2) is 98.1 Å². The summed E-state index contributed by atoms with van der Waals surface area (Å²) in [7, 11) is -11.6. The highest BCUT2D eigenvalue weighted by Gasteiger charge is 2.27. The Morgan fingerprint density at radius 3 is 2.28 bits per heavy atom. The van der Waals surface area contributed by atoms with Crippen molar-refractivity contribution in [1.82, 2.24) is 25.1 Å². The van der Waals surface area contributed by atoms with E-state index in [9.17, 15) is 25.3 Å². The van der Waals surface area contributed by atoms with Crippen LogP contribution in [0.3, 0.4) is 0 Å². The van der Waals surface area contributed by atoms with Crippen molar-refractivity contribution in [2.75, 3.05) is 31.2 Å². The molecule has 0 radical (unpaired) electrons. The molecule has 286 valence electrons. The number of hydrogen-bond acceptors (Lipinski definition) is 13. The number of H-pyrrole nitrogens is 1. The number of fused-ring (bicyclic) bond motifs is 2. The van der Waals surface area contributed by atoms with Gasteiger partial charge in [0, 0.05) is 41.2 Å². The van der Waals surface area contributed by atoms with Crippen molar-refractivity contribution in [2.45, 2.75) is 42.4 Å². The first kappa shape index (κ1) is 38.8. The molecule has 0 bridgehead atoms. The Labute approximate surface area is 310 Å². The van der Waals surface area contributed by atoms with E-state index >= 15 is 0 Å². The standard InChI is InChI=1S/C24H28N6O5S.C10H8O6S2/c1-14-11-30(12-15(2)34-14)13-18-9-26-23(35-18)19-5-16(6-21-20(19)10-27-28-21)17-7-22(29-36(4,31)32)24(33-3)25-8-17;11-17(12,13)9-6-5-7-3-1-2-4-8(7)10(9)18(14,15)16/h5-10,14-15,29H,11-13H2,1-4H3,(H,27,28);1-6H,(H,11,12,13)(H,14,15,16)/t14-,15+;. The number of aromatic amines is 1. The molecule has 1 aliphatic rings. The Balaban J connectivity index is 0.000000232. The third-order valence-corrected chi connectivity index (χ3v) is 10.8. The normalized spacial score (nSPS) is 16.9. The van der Waals surface area contributed by atoms with Gasteiger partial charge in [0.25, 0.3) is 20.2 Å². The number of benzene rings is 3. The molecular weight excluding hydrogens is 765 g/mol. The van der Waals surface area contributed by atoms with Crippen LogP contribution in [0.4, 0.5) is 5.69 Å². The van der Waals surface area contributed by atoms with E-state index in [1.807, 2.05) is 12.1 Å². The number of morpholine rings is 1. The summed E-state index contributed by atoms with van der Waals surface area (Å²) in [4.78, 5) is 9.47. The van der Waals surface area contributed by atoms with Crippen LogP contribution in [0.1, 0.15) is 19.6 Å². The van der Waals surface area contributed by atoms with Gasteiger partial charge >= 0.3 is 0 Å². The smallest absolute Gasteiger partial charge is 0.296 e. The van der Waals surface area contributed by atoms with Gasteiger partial charge in [-0.05, 0) is 49.1 Å². The zero-order valence-corrected chi connectivity index (χ0v) is 31.7. The third kappa shape index (κ3) is 8.87. The molecule has 4 N–H and O–H groups in total. The second kappa shape index (κ2) is 15.1. The van der Waals surface area contributed by atoms with Gasteiger partial charge in [-0.3, -0.25) is 23.8 Å². The summed E-state index contributed by atoms with van der Waals surface area (Å²) >= 11 is 0. The largest absolute Gasteiger partial charge is 0.480 e. The zero-order chi connectivity index (χ0) is 39.0. The van der Waals surface area contributed by atoms with Crippen LogP contribution in [-0.2, 0) is 41.5 Å². The van der Waals surface area contributed by atoms with Crippen LogP contribution in [0.25, 0.3) is 44.3 Å². The van der Waals surface area contributed by atoms with E-state index < -0.39 is 40.1 Å². The predicted molar refractivity (Wildman–Crippen MR) is 199 cm³/mol. The van der Waals surface area contributed by atoms with Gasteiger partial charge in [-0.15, -0.1) is 0 Å². The van der Waals surface area contributed by atoms with Crippen LogP contribution in [0, 0.1) is 0 Å². The molecule has 0 unspecified atom stereocenters. The Bertz CT molecular complexity index is 2670. The van der Waals surface area contributed by atoms with Gasteiger partial charge in [-0.1, -0.05) is 30.3 Å². The Morgan fingerprint density at radius 2 is 1.61 bits per heavy atom. The summed E-state index contributed by atoms with van der Waals surface area (Å²) in [6, 6.07) is 13.8. The van der Waals surface area contributed by atoms with Crippen LogP contribution in [0.15, 0.2) is 87.4 Å². The van der Waals surface area contributed by atoms with Gasteiger partial charge in [0.2, 0.25) is 21.8 Å². The summed E-state index contributed by atoms with van der Waals surface area (Å²) in [6.45, 7) is 6.44. The number of methoxy groups -OCH3 is 1. The summed E-state index contributed by atoms with van der Waals surface area (Å²) in [6.07, 6.45) is 6.51. The minimum Gasteiger partial charge on any atom is -0.480 e. The number of nitrogens with one attached hydrogen (secondary N) is 2. The van der Waals surface area contributed by atoms with Gasteiger partial charge in [-0.25, -0.2) is 18.4 Å². The minimum atomic E-state index is -4.78. The van der Waals surface area contributed by atoms with Crippen molar-refractivity contribution in [2.24, 2.45) is 0 Å². The molecule has 1 fully saturated rings. The van der Waals surface area contributed by atoms with E-state index in [-0.39, 0.29) is 29.2 Å². The second-order valence-corrected chi connectivity index (χ2v) is 17.2. The van der Waals surface area contributed by atoms with Gasteiger partial charge in [0.05, 0.1) is 50.0 Å². The molecule has 1 saturated heterocycles. The topological polar surface area (TPSA) is 244 Å². The van der Waals surface area contributed by atoms with Crippen molar-refractivity contribution in [3.63, 3.8) is 0 Å². The fourth-order valence-electron chi connectivity index (χ4n) is 6.27. The first-order valence-corrected chi connectivity index (χ1v) is 21.0. The van der Waals surface area contributed by atoms with Gasteiger partial charge in [0.15, 0.2) is 0 Å². The molecule has 4 heterocycles. The van der Waals surface area contributed by atoms with Crippen LogP contribution in [0.5, 0.6) is 5.88 Å². The number of nitrogens with zero attached hydrogens (tertiary/aromatic N) is 4. The number of anilines is 1. The Hall–Kier alpha value is -4.96. The van der Waals surface area contributed by atoms with Crippen LogP contribution in [0.2, 0.25) is 0 Å². The van der Waals surface area contributed by atoms with Crippen molar-refractivity contribution < 1.29 is 48.2 Å². The number of rotatable bonds is 9. The molecule has 0 amide bonds. The molecular formula is C34H36N6O11S3. The lowest BCUT2D eigenvalue weighted by atomic mass is 10.0. The van der Waals surface area contributed by atoms with Crippen molar-refractivity contribution >= 4 is 57.6 Å². The maximum Gasteiger partial charge on any atom is 0.296 e. The molecule has 6 aromatic rings. The molecule has 20 heteroatoms. The highest BCUT2D eigenvalue weighted by molar-refractivity contribution is 7.92. The van der Waals surface area contributed by atoms with Gasteiger partial charge in [0.1, 0.15) is 21.2 Å². The number of pyridine rings is 1. The monoisotopic (exact) mass is 800 g/mol. The highest BCUT2D eigenvalue weighted by atomic mass is 32.2. The van der Waals surface area contributed by atoms with Crippen LogP contribution < -0.4 is 9.46 Å². The molecule has 3 aromatic heterocycles. The SMILES string of the molecule is COc1ncc(-c2cc(-c3ncc(CN4C[C@@H](C)O[C@@H](C)C4)o3)c3cn[nH]c3c2)cc1NS(C)(=O)=O.O=S(=O)(O)c1ccc2ccccc2c1S(=O)(=O)O. The van der Waals surface area contributed by atoms with E-state index in [1.165, 1.54) is 25.3 Å². The van der Waals surface area contributed by atoms with Crippen molar-refractivity contribution in [3.05, 3.63) is 78.9 Å². The molecule has 17 nitrogen and oxygen atoms in total. The maximum atomic E-state index is 11.8. The average molecular weight is 801 g/mol. The van der Waals surface area contributed by atoms with E-state index in [4.69, 9.17) is 23.0 Å². The molecule has 1 aliphatic heterocycles. The number of oxazole rings is 1. The predicted octanol–water partition coefficient (Wildman–Crippen LogP) is 4.60. The number of hydrogen-bond donors (Lipinski definition) is 4. The zero-order valence-electron chi connectivity index (χ0n) is 29.3.